The van der Waals surface area contributed by atoms with Crippen molar-refractivity contribution in [2.75, 3.05) is 6.54 Å². The summed E-state index contributed by atoms with van der Waals surface area (Å²) in [4.78, 5) is 32.1. The Morgan fingerprint density at radius 3 is 2.78 bits per heavy atom. The van der Waals surface area contributed by atoms with Crippen LogP contribution in [-0.4, -0.2) is 27.0 Å². The number of nitrogens with one attached hydrogen (secondary N) is 1. The summed E-state index contributed by atoms with van der Waals surface area (Å²) in [7, 11) is 0. The minimum Gasteiger partial charge on any atom is -0.350 e. The average Bonchev–Trinajstić information content (AvgIpc) is 2.58. The van der Waals surface area contributed by atoms with E-state index in [0.29, 0.717) is 11.1 Å². The van der Waals surface area contributed by atoms with Gasteiger partial charge in [-0.1, -0.05) is 0 Å². The average molecular weight is 312 g/mol. The standard InChI is InChI=1S/C16H13FN4O2/c17-12-1-2-14-13(9-12)16(23)21(10-20-14)8-7-19-15(22)11-3-5-18-6-4-11/h1-6,9-10H,7-8H2,(H,19,22). The van der Waals surface area contributed by atoms with E-state index in [1.807, 2.05) is 0 Å². The third-order valence-electron chi connectivity index (χ3n) is 3.37. The van der Waals surface area contributed by atoms with Gasteiger partial charge in [0.15, 0.2) is 0 Å². The molecule has 0 unspecified atom stereocenters. The van der Waals surface area contributed by atoms with Gasteiger partial charge in [-0.05, 0) is 30.3 Å². The van der Waals surface area contributed by atoms with Crippen molar-refractivity contribution in [2.45, 2.75) is 6.54 Å². The molecule has 0 aliphatic rings. The summed E-state index contributed by atoms with van der Waals surface area (Å²) >= 11 is 0. The van der Waals surface area contributed by atoms with Crippen molar-refractivity contribution in [1.29, 1.82) is 0 Å². The maximum absolute atomic E-state index is 13.3. The highest BCUT2D eigenvalue weighted by atomic mass is 19.1. The van der Waals surface area contributed by atoms with E-state index in [0.717, 1.165) is 6.07 Å². The number of aromatic nitrogens is 3. The van der Waals surface area contributed by atoms with Crippen molar-refractivity contribution >= 4 is 16.8 Å². The highest BCUT2D eigenvalue weighted by Gasteiger charge is 2.07. The molecule has 0 bridgehead atoms. The molecule has 1 aromatic carbocycles. The Morgan fingerprint density at radius 1 is 1.22 bits per heavy atom. The van der Waals surface area contributed by atoms with Crippen LogP contribution in [0.4, 0.5) is 4.39 Å². The predicted molar refractivity (Wildman–Crippen MR) is 82.5 cm³/mol. The molecular weight excluding hydrogens is 299 g/mol. The van der Waals surface area contributed by atoms with Gasteiger partial charge in [0, 0.05) is 31.0 Å². The minimum absolute atomic E-state index is 0.216. The van der Waals surface area contributed by atoms with E-state index in [1.54, 1.807) is 12.1 Å². The van der Waals surface area contributed by atoms with Gasteiger partial charge in [0.1, 0.15) is 5.82 Å². The summed E-state index contributed by atoms with van der Waals surface area (Å²) in [6.45, 7) is 0.499. The van der Waals surface area contributed by atoms with Crippen LogP contribution < -0.4 is 10.9 Å². The van der Waals surface area contributed by atoms with Crippen molar-refractivity contribution in [2.24, 2.45) is 0 Å². The van der Waals surface area contributed by atoms with Gasteiger partial charge >= 0.3 is 0 Å². The molecule has 2 aromatic heterocycles. The molecule has 2 heterocycles. The zero-order valence-corrected chi connectivity index (χ0v) is 12.1. The van der Waals surface area contributed by atoms with Gasteiger partial charge in [0.2, 0.25) is 0 Å². The van der Waals surface area contributed by atoms with Crippen LogP contribution in [0.15, 0.2) is 53.8 Å². The van der Waals surface area contributed by atoms with Crippen LogP contribution in [0.3, 0.4) is 0 Å². The normalized spacial score (nSPS) is 10.7. The molecule has 0 saturated carbocycles. The molecule has 0 saturated heterocycles. The first-order chi connectivity index (χ1) is 11.1. The molecule has 0 atom stereocenters. The Balaban J connectivity index is 1.71. The second-order valence-electron chi connectivity index (χ2n) is 4.90. The van der Waals surface area contributed by atoms with Crippen LogP contribution >= 0.6 is 0 Å². The fourth-order valence-electron chi connectivity index (χ4n) is 2.19. The van der Waals surface area contributed by atoms with Gasteiger partial charge in [0.05, 0.1) is 17.2 Å². The molecule has 116 valence electrons. The van der Waals surface area contributed by atoms with Crippen LogP contribution in [0.5, 0.6) is 0 Å². The van der Waals surface area contributed by atoms with Crippen molar-refractivity contribution in [3.05, 3.63) is 70.8 Å². The molecule has 7 heteroatoms. The van der Waals surface area contributed by atoms with Gasteiger partial charge in [-0.2, -0.15) is 0 Å². The number of benzene rings is 1. The largest absolute Gasteiger partial charge is 0.350 e. The van der Waals surface area contributed by atoms with Crippen molar-refractivity contribution in [1.82, 2.24) is 19.9 Å². The SMILES string of the molecule is O=C(NCCn1cnc2ccc(F)cc2c1=O)c1ccncc1. The summed E-state index contributed by atoms with van der Waals surface area (Å²) in [6, 6.07) is 7.08. The molecular formula is C16H13FN4O2. The predicted octanol–water partition coefficient (Wildman–Crippen LogP) is 1.36. The van der Waals surface area contributed by atoms with Crippen molar-refractivity contribution in [3.63, 3.8) is 0 Å². The molecule has 3 rings (SSSR count). The lowest BCUT2D eigenvalue weighted by atomic mass is 10.2. The fourth-order valence-corrected chi connectivity index (χ4v) is 2.19. The number of carbonyl (C=O) groups excluding carboxylic acids is 1. The zero-order chi connectivity index (χ0) is 16.2. The number of halogens is 1. The van der Waals surface area contributed by atoms with E-state index in [9.17, 15) is 14.0 Å². The second-order valence-corrected chi connectivity index (χ2v) is 4.90. The number of nitrogens with zero attached hydrogens (tertiary/aromatic N) is 3. The molecule has 1 N–H and O–H groups in total. The van der Waals surface area contributed by atoms with Crippen LogP contribution in [0, 0.1) is 5.82 Å². The molecule has 3 aromatic rings. The highest BCUT2D eigenvalue weighted by Crippen LogP contribution is 2.08. The Labute approximate surface area is 130 Å². The molecule has 0 spiro atoms. The summed E-state index contributed by atoms with van der Waals surface area (Å²) in [5.74, 6) is -0.736. The Kier molecular flexibility index (Phi) is 4.09. The third-order valence-corrected chi connectivity index (χ3v) is 3.37. The zero-order valence-electron chi connectivity index (χ0n) is 12.1. The lowest BCUT2D eigenvalue weighted by molar-refractivity contribution is 0.0952. The maximum atomic E-state index is 13.3. The number of fused-ring (bicyclic) bond motifs is 1. The first-order valence-electron chi connectivity index (χ1n) is 6.98. The van der Waals surface area contributed by atoms with E-state index in [-0.39, 0.29) is 29.9 Å². The molecule has 0 aliphatic heterocycles. The summed E-state index contributed by atoms with van der Waals surface area (Å²) in [5, 5.41) is 2.92. The smallest absolute Gasteiger partial charge is 0.261 e. The van der Waals surface area contributed by atoms with Gasteiger partial charge < -0.3 is 5.32 Å². The molecule has 0 radical (unpaired) electrons. The van der Waals surface area contributed by atoms with Crippen LogP contribution in [0.25, 0.3) is 10.9 Å². The van der Waals surface area contributed by atoms with E-state index in [1.165, 1.54) is 35.4 Å². The van der Waals surface area contributed by atoms with Crippen molar-refractivity contribution < 1.29 is 9.18 Å². The van der Waals surface area contributed by atoms with Crippen LogP contribution in [-0.2, 0) is 6.54 Å². The van der Waals surface area contributed by atoms with E-state index >= 15 is 0 Å². The fraction of sp³-hybridized carbons (Fsp3) is 0.125. The molecule has 0 aliphatic carbocycles. The molecule has 6 nitrogen and oxygen atoms in total. The van der Waals surface area contributed by atoms with Crippen LogP contribution in [0.2, 0.25) is 0 Å². The summed E-state index contributed by atoms with van der Waals surface area (Å²) in [6.07, 6.45) is 4.45. The van der Waals surface area contributed by atoms with E-state index < -0.39 is 5.82 Å². The highest BCUT2D eigenvalue weighted by molar-refractivity contribution is 5.93. The van der Waals surface area contributed by atoms with Crippen LogP contribution in [0.1, 0.15) is 10.4 Å². The molecule has 23 heavy (non-hydrogen) atoms. The lowest BCUT2D eigenvalue weighted by Gasteiger charge is -2.08. The second kappa shape index (κ2) is 6.35. The number of pyridine rings is 1. The number of hydrogen-bond donors (Lipinski definition) is 1. The van der Waals surface area contributed by atoms with Gasteiger partial charge in [0.25, 0.3) is 11.5 Å². The summed E-state index contributed by atoms with van der Waals surface area (Å²) < 4.78 is 14.6. The minimum atomic E-state index is -0.486. The summed E-state index contributed by atoms with van der Waals surface area (Å²) in [5.41, 5.74) is 0.590. The van der Waals surface area contributed by atoms with E-state index in [4.69, 9.17) is 0 Å². The number of carbonyl (C=O) groups is 1. The molecule has 0 fully saturated rings. The monoisotopic (exact) mass is 312 g/mol. The van der Waals surface area contributed by atoms with Gasteiger partial charge in [-0.15, -0.1) is 0 Å². The van der Waals surface area contributed by atoms with Gasteiger partial charge in [-0.25, -0.2) is 9.37 Å². The van der Waals surface area contributed by atoms with E-state index in [2.05, 4.69) is 15.3 Å². The number of hydrogen-bond acceptors (Lipinski definition) is 4. The molecule has 1 amide bonds. The first kappa shape index (κ1) is 14.8. The van der Waals surface area contributed by atoms with Gasteiger partial charge in [-0.3, -0.25) is 19.1 Å². The number of rotatable bonds is 4. The Morgan fingerprint density at radius 2 is 2.00 bits per heavy atom. The quantitative estimate of drug-likeness (QED) is 0.789. The number of amides is 1. The Hall–Kier alpha value is -3.09. The Bertz CT molecular complexity index is 909. The van der Waals surface area contributed by atoms with Crippen molar-refractivity contribution in [3.8, 4) is 0 Å². The first-order valence-corrected chi connectivity index (χ1v) is 6.98. The topological polar surface area (TPSA) is 76.9 Å². The maximum Gasteiger partial charge on any atom is 0.261 e. The third kappa shape index (κ3) is 3.23. The lowest BCUT2D eigenvalue weighted by Crippen LogP contribution is -2.31.